The fraction of sp³-hybridized carbons (Fsp3) is 0.444. The number of nitro benzene ring substituents is 1. The van der Waals surface area contributed by atoms with Gasteiger partial charge >= 0.3 is 0 Å². The van der Waals surface area contributed by atoms with Crippen LogP contribution in [0.15, 0.2) is 30.3 Å². The molecule has 5 heteroatoms. The van der Waals surface area contributed by atoms with Crippen LogP contribution in [0.1, 0.15) is 58.6 Å². The number of hydrogen-bond donors (Lipinski definition) is 0. The van der Waals surface area contributed by atoms with Gasteiger partial charge in [-0.15, -0.1) is 11.3 Å². The van der Waals surface area contributed by atoms with Gasteiger partial charge in [-0.05, 0) is 37.0 Å². The minimum atomic E-state index is -0.338. The van der Waals surface area contributed by atoms with Crippen LogP contribution in [-0.2, 0) is 4.74 Å². The number of benzene rings is 1. The Morgan fingerprint density at radius 3 is 2.91 bits per heavy atom. The molecule has 120 valence electrons. The van der Waals surface area contributed by atoms with E-state index in [9.17, 15) is 10.1 Å². The summed E-state index contributed by atoms with van der Waals surface area (Å²) in [5.41, 5.74) is 2.24. The minimum Gasteiger partial charge on any atom is -0.365 e. The summed E-state index contributed by atoms with van der Waals surface area (Å²) in [5.74, 6) is 0.507. The van der Waals surface area contributed by atoms with Gasteiger partial charge in [-0.3, -0.25) is 10.1 Å². The molecule has 1 aliphatic heterocycles. The summed E-state index contributed by atoms with van der Waals surface area (Å²) >= 11 is 1.87. The van der Waals surface area contributed by atoms with Crippen LogP contribution in [0.2, 0.25) is 0 Å². The molecule has 1 aromatic carbocycles. The molecular weight excluding hydrogens is 310 g/mol. The van der Waals surface area contributed by atoms with Gasteiger partial charge in [0.1, 0.15) is 6.10 Å². The third-order valence-electron chi connectivity index (χ3n) is 4.93. The summed E-state index contributed by atoms with van der Waals surface area (Å²) in [6.07, 6.45) is 4.84. The van der Waals surface area contributed by atoms with Gasteiger partial charge in [0.2, 0.25) is 0 Å². The highest BCUT2D eigenvalue weighted by Crippen LogP contribution is 2.50. The van der Waals surface area contributed by atoms with Crippen molar-refractivity contribution in [2.45, 2.75) is 50.7 Å². The molecule has 0 radical (unpaired) electrons. The number of nitrogens with zero attached hydrogens (tertiary/aromatic N) is 1. The molecule has 4 nitrogen and oxygen atoms in total. The topological polar surface area (TPSA) is 52.4 Å². The molecule has 0 unspecified atom stereocenters. The Balaban J connectivity index is 1.79. The zero-order chi connectivity index (χ0) is 16.0. The molecule has 23 heavy (non-hydrogen) atoms. The molecule has 4 rings (SSSR count). The van der Waals surface area contributed by atoms with Gasteiger partial charge in [0.15, 0.2) is 0 Å². The monoisotopic (exact) mass is 329 g/mol. The van der Waals surface area contributed by atoms with Gasteiger partial charge in [0.05, 0.1) is 11.0 Å². The lowest BCUT2D eigenvalue weighted by Crippen LogP contribution is -2.32. The first-order valence-electron chi connectivity index (χ1n) is 8.13. The second kappa shape index (κ2) is 5.73. The van der Waals surface area contributed by atoms with E-state index < -0.39 is 0 Å². The maximum absolute atomic E-state index is 11.1. The number of rotatable bonds is 2. The Morgan fingerprint density at radius 1 is 1.26 bits per heavy atom. The van der Waals surface area contributed by atoms with Crippen LogP contribution in [0.3, 0.4) is 0 Å². The Hall–Kier alpha value is -1.72. The van der Waals surface area contributed by atoms with E-state index in [4.69, 9.17) is 4.74 Å². The maximum Gasteiger partial charge on any atom is 0.269 e. The summed E-state index contributed by atoms with van der Waals surface area (Å²) in [4.78, 5) is 13.5. The second-order valence-corrected chi connectivity index (χ2v) is 7.76. The lowest BCUT2D eigenvalue weighted by molar-refractivity contribution is -0.385. The van der Waals surface area contributed by atoms with Crippen LogP contribution < -0.4 is 0 Å². The number of aryl methyl sites for hydroxylation is 1. The third-order valence-corrected chi connectivity index (χ3v) is 6.13. The Morgan fingerprint density at radius 2 is 2.09 bits per heavy atom. The first-order chi connectivity index (χ1) is 11.1. The zero-order valence-corrected chi connectivity index (χ0v) is 13.8. The van der Waals surface area contributed by atoms with Gasteiger partial charge in [0, 0.05) is 27.8 Å². The lowest BCUT2D eigenvalue weighted by Gasteiger charge is -2.39. The quantitative estimate of drug-likeness (QED) is 0.568. The van der Waals surface area contributed by atoms with Crippen LogP contribution in [0.25, 0.3) is 0 Å². The van der Waals surface area contributed by atoms with Crippen LogP contribution in [0, 0.1) is 17.0 Å². The van der Waals surface area contributed by atoms with E-state index in [0.717, 1.165) is 12.0 Å². The van der Waals surface area contributed by atoms with Crippen molar-refractivity contribution in [3.63, 3.8) is 0 Å². The molecule has 1 aliphatic carbocycles. The zero-order valence-electron chi connectivity index (χ0n) is 13.0. The highest BCUT2D eigenvalue weighted by molar-refractivity contribution is 7.12. The first-order valence-corrected chi connectivity index (χ1v) is 8.95. The van der Waals surface area contributed by atoms with Crippen LogP contribution in [0.4, 0.5) is 5.69 Å². The maximum atomic E-state index is 11.1. The highest BCUT2D eigenvalue weighted by atomic mass is 32.1. The molecule has 0 bridgehead atoms. The van der Waals surface area contributed by atoms with Crippen molar-refractivity contribution in [3.05, 3.63) is 61.3 Å². The summed E-state index contributed by atoms with van der Waals surface area (Å²) < 4.78 is 6.44. The number of nitro groups is 1. The molecule has 0 N–H and O–H groups in total. The second-order valence-electron chi connectivity index (χ2n) is 6.47. The van der Waals surface area contributed by atoms with Crippen molar-refractivity contribution < 1.29 is 9.66 Å². The van der Waals surface area contributed by atoms with Gasteiger partial charge in [0.25, 0.3) is 5.69 Å². The van der Waals surface area contributed by atoms with Crippen molar-refractivity contribution in [2.24, 2.45) is 0 Å². The third kappa shape index (κ3) is 2.58. The van der Waals surface area contributed by atoms with E-state index >= 15 is 0 Å². The van der Waals surface area contributed by atoms with Crippen molar-refractivity contribution in [1.29, 1.82) is 0 Å². The van der Waals surface area contributed by atoms with Crippen molar-refractivity contribution in [3.8, 4) is 0 Å². The van der Waals surface area contributed by atoms with E-state index in [0.29, 0.717) is 5.92 Å². The largest absolute Gasteiger partial charge is 0.365 e. The normalized spacial score (nSPS) is 26.4. The van der Waals surface area contributed by atoms with Crippen LogP contribution in [0.5, 0.6) is 0 Å². The average Bonchev–Trinajstić information content (AvgIpc) is 2.96. The van der Waals surface area contributed by atoms with Gasteiger partial charge in [-0.1, -0.05) is 25.0 Å². The van der Waals surface area contributed by atoms with E-state index in [2.05, 4.69) is 13.0 Å². The van der Waals surface area contributed by atoms with Crippen molar-refractivity contribution >= 4 is 17.0 Å². The van der Waals surface area contributed by atoms with Crippen molar-refractivity contribution in [1.82, 2.24) is 0 Å². The summed E-state index contributed by atoms with van der Waals surface area (Å²) in [6.45, 7) is 2.13. The molecule has 2 aliphatic rings. The molecule has 1 aromatic heterocycles. The van der Waals surface area contributed by atoms with E-state index in [1.807, 2.05) is 17.4 Å². The predicted molar refractivity (Wildman–Crippen MR) is 90.1 cm³/mol. The first kappa shape index (κ1) is 14.8. The SMILES string of the molecule is Cc1cc2c(s1)[C@H]1CCCC[C@H]1O[C@H]2c1cccc([N+](=O)[O-])c1. The fourth-order valence-corrected chi connectivity index (χ4v) is 5.15. The van der Waals surface area contributed by atoms with Crippen molar-refractivity contribution in [2.75, 3.05) is 0 Å². The van der Waals surface area contributed by atoms with Gasteiger partial charge in [-0.25, -0.2) is 0 Å². The predicted octanol–water partition coefficient (Wildman–Crippen LogP) is 5.11. The molecule has 0 saturated heterocycles. The molecule has 1 fully saturated rings. The van der Waals surface area contributed by atoms with Crippen LogP contribution >= 0.6 is 11.3 Å². The highest BCUT2D eigenvalue weighted by Gasteiger charge is 2.39. The van der Waals surface area contributed by atoms with E-state index in [1.54, 1.807) is 12.1 Å². The summed E-state index contributed by atoms with van der Waals surface area (Å²) in [5, 5.41) is 11.1. The number of fused-ring (bicyclic) bond motifs is 3. The summed E-state index contributed by atoms with van der Waals surface area (Å²) in [7, 11) is 0. The minimum absolute atomic E-state index is 0.130. The van der Waals surface area contributed by atoms with E-state index in [-0.39, 0.29) is 22.8 Å². The van der Waals surface area contributed by atoms with Gasteiger partial charge in [-0.2, -0.15) is 0 Å². The Kier molecular flexibility index (Phi) is 3.70. The average molecular weight is 329 g/mol. The Bertz CT molecular complexity index is 754. The molecule has 2 heterocycles. The molecule has 1 saturated carbocycles. The standard InChI is InChI=1S/C18H19NO3S/c1-11-9-15-17(12-5-4-6-13(10-12)19(20)21)22-16-8-3-2-7-14(16)18(15)23-11/h4-6,9-10,14,16-17H,2-3,7-8H2,1H3/t14-,16+,17-/m0/s1. The molecule has 3 atom stereocenters. The number of thiophene rings is 1. The number of non-ortho nitro benzene ring substituents is 1. The van der Waals surface area contributed by atoms with Gasteiger partial charge < -0.3 is 4.74 Å². The molecule has 0 spiro atoms. The van der Waals surface area contributed by atoms with E-state index in [1.165, 1.54) is 40.6 Å². The smallest absolute Gasteiger partial charge is 0.269 e. The Labute approximate surface area is 139 Å². The molecular formula is C18H19NO3S. The molecule has 0 amide bonds. The summed E-state index contributed by atoms with van der Waals surface area (Å²) in [6, 6.07) is 9.09. The molecule has 2 aromatic rings. The number of hydrogen-bond acceptors (Lipinski definition) is 4. The van der Waals surface area contributed by atoms with Crippen LogP contribution in [-0.4, -0.2) is 11.0 Å². The number of ether oxygens (including phenoxy) is 1. The fourth-order valence-electron chi connectivity index (χ4n) is 3.91. The lowest BCUT2D eigenvalue weighted by atomic mass is 9.80.